The Balaban J connectivity index is 3.58. The van der Waals surface area contributed by atoms with Crippen LogP contribution in [0.2, 0.25) is 0 Å². The van der Waals surface area contributed by atoms with Gasteiger partial charge in [-0.2, -0.15) is 5.26 Å². The second-order valence-corrected chi connectivity index (χ2v) is 2.65. The Hall–Kier alpha value is -0.990. The molecule has 0 aliphatic carbocycles. The van der Waals surface area contributed by atoms with Crippen molar-refractivity contribution >= 4 is 0 Å². The van der Waals surface area contributed by atoms with E-state index in [-0.39, 0.29) is 0 Å². The second kappa shape index (κ2) is 5.77. The van der Waals surface area contributed by atoms with Crippen molar-refractivity contribution in [3.8, 4) is 18.4 Å². The molecular weight excluding hydrogens is 136 g/mol. The number of terminal acetylenes is 1. The molecule has 0 spiro atoms. The van der Waals surface area contributed by atoms with Gasteiger partial charge in [0.15, 0.2) is 0 Å². The average Bonchev–Trinajstić information content (AvgIpc) is 2.00. The van der Waals surface area contributed by atoms with Crippen LogP contribution >= 0.6 is 0 Å². The number of nitriles is 1. The summed E-state index contributed by atoms with van der Waals surface area (Å²) in [6.45, 7) is 2.90. The molecule has 11 heavy (non-hydrogen) atoms. The number of hydrogen-bond donors (Lipinski definition) is 0. The van der Waals surface area contributed by atoms with Crippen molar-refractivity contribution in [2.75, 3.05) is 13.6 Å². The van der Waals surface area contributed by atoms with Gasteiger partial charge in [-0.1, -0.05) is 0 Å². The zero-order valence-electron chi connectivity index (χ0n) is 7.17. The first-order valence-corrected chi connectivity index (χ1v) is 3.73. The maximum absolute atomic E-state index is 8.39. The summed E-state index contributed by atoms with van der Waals surface area (Å²) in [6, 6.07) is 2.44. The lowest BCUT2D eigenvalue weighted by atomic mass is 10.2. The SMILES string of the molecule is C#CCCN(C)C(C)CC#N. The van der Waals surface area contributed by atoms with E-state index in [2.05, 4.69) is 16.9 Å². The molecule has 0 amide bonds. The Morgan fingerprint density at radius 2 is 2.27 bits per heavy atom. The highest BCUT2D eigenvalue weighted by Crippen LogP contribution is 1.99. The van der Waals surface area contributed by atoms with E-state index in [4.69, 9.17) is 11.7 Å². The van der Waals surface area contributed by atoms with Gasteiger partial charge >= 0.3 is 0 Å². The van der Waals surface area contributed by atoms with E-state index in [0.29, 0.717) is 12.5 Å². The van der Waals surface area contributed by atoms with Gasteiger partial charge in [0.05, 0.1) is 12.5 Å². The van der Waals surface area contributed by atoms with E-state index in [1.807, 2.05) is 14.0 Å². The zero-order valence-corrected chi connectivity index (χ0v) is 7.17. The van der Waals surface area contributed by atoms with Crippen LogP contribution in [0.25, 0.3) is 0 Å². The molecule has 60 valence electrons. The predicted octanol–water partition coefficient (Wildman–Crippen LogP) is 1.24. The molecule has 0 rings (SSSR count). The minimum Gasteiger partial charge on any atom is -0.302 e. The van der Waals surface area contributed by atoms with Crippen LogP contribution in [-0.4, -0.2) is 24.5 Å². The third kappa shape index (κ3) is 4.42. The first-order valence-electron chi connectivity index (χ1n) is 3.73. The molecule has 0 heterocycles. The van der Waals surface area contributed by atoms with Gasteiger partial charge in [-0.05, 0) is 14.0 Å². The summed E-state index contributed by atoms with van der Waals surface area (Å²) in [6.07, 6.45) is 6.44. The van der Waals surface area contributed by atoms with E-state index < -0.39 is 0 Å². The van der Waals surface area contributed by atoms with Gasteiger partial charge in [0, 0.05) is 19.0 Å². The summed E-state index contributed by atoms with van der Waals surface area (Å²) in [4.78, 5) is 2.10. The highest BCUT2D eigenvalue weighted by atomic mass is 15.1. The molecule has 0 aromatic rings. The van der Waals surface area contributed by atoms with Crippen molar-refractivity contribution in [2.45, 2.75) is 25.8 Å². The summed E-state index contributed by atoms with van der Waals surface area (Å²) < 4.78 is 0. The summed E-state index contributed by atoms with van der Waals surface area (Å²) in [5.41, 5.74) is 0. The van der Waals surface area contributed by atoms with E-state index in [1.165, 1.54) is 0 Å². The molecular formula is C9H14N2. The van der Waals surface area contributed by atoms with E-state index in [9.17, 15) is 0 Å². The molecule has 1 unspecified atom stereocenters. The molecule has 1 atom stereocenters. The molecule has 0 saturated carbocycles. The van der Waals surface area contributed by atoms with Crippen LogP contribution in [-0.2, 0) is 0 Å². The van der Waals surface area contributed by atoms with Crippen molar-refractivity contribution in [3.63, 3.8) is 0 Å². The van der Waals surface area contributed by atoms with Crippen molar-refractivity contribution in [1.82, 2.24) is 4.90 Å². The van der Waals surface area contributed by atoms with Gasteiger partial charge in [-0.3, -0.25) is 0 Å². The smallest absolute Gasteiger partial charge is 0.0638 e. The largest absolute Gasteiger partial charge is 0.302 e. The minimum atomic E-state index is 0.313. The normalized spacial score (nSPS) is 12.1. The van der Waals surface area contributed by atoms with Gasteiger partial charge in [-0.25, -0.2) is 0 Å². The maximum Gasteiger partial charge on any atom is 0.0638 e. The second-order valence-electron chi connectivity index (χ2n) is 2.65. The van der Waals surface area contributed by atoms with Crippen LogP contribution < -0.4 is 0 Å². The first kappa shape index (κ1) is 10.0. The lowest BCUT2D eigenvalue weighted by Gasteiger charge is -2.20. The fourth-order valence-electron chi connectivity index (χ4n) is 0.749. The quantitative estimate of drug-likeness (QED) is 0.564. The third-order valence-electron chi connectivity index (χ3n) is 1.75. The molecule has 0 radical (unpaired) electrons. The van der Waals surface area contributed by atoms with Crippen LogP contribution in [0.1, 0.15) is 19.8 Å². The van der Waals surface area contributed by atoms with Crippen LogP contribution in [0, 0.1) is 23.7 Å². The Morgan fingerprint density at radius 3 is 2.73 bits per heavy atom. The molecule has 0 aliphatic rings. The monoisotopic (exact) mass is 150 g/mol. The lowest BCUT2D eigenvalue weighted by molar-refractivity contribution is 0.267. The van der Waals surface area contributed by atoms with Gasteiger partial charge in [0.25, 0.3) is 0 Å². The standard InChI is InChI=1S/C9H14N2/c1-4-5-8-11(3)9(2)6-7-10/h1,9H,5-6,8H2,2-3H3. The van der Waals surface area contributed by atoms with Crippen LogP contribution in [0.5, 0.6) is 0 Å². The van der Waals surface area contributed by atoms with Crippen molar-refractivity contribution in [1.29, 1.82) is 5.26 Å². The maximum atomic E-state index is 8.39. The minimum absolute atomic E-state index is 0.313. The Bertz CT molecular complexity index is 173. The molecule has 0 aromatic heterocycles. The Labute approximate surface area is 68.8 Å². The van der Waals surface area contributed by atoms with Gasteiger partial charge in [0.2, 0.25) is 0 Å². The summed E-state index contributed by atoms with van der Waals surface area (Å²) in [5, 5.41) is 8.39. The van der Waals surface area contributed by atoms with Crippen molar-refractivity contribution in [2.24, 2.45) is 0 Å². The fourth-order valence-corrected chi connectivity index (χ4v) is 0.749. The Morgan fingerprint density at radius 1 is 1.64 bits per heavy atom. The van der Waals surface area contributed by atoms with Gasteiger partial charge in [-0.15, -0.1) is 12.3 Å². The van der Waals surface area contributed by atoms with E-state index >= 15 is 0 Å². The topological polar surface area (TPSA) is 27.0 Å². The molecule has 0 N–H and O–H groups in total. The molecule has 0 bridgehead atoms. The predicted molar refractivity (Wildman–Crippen MR) is 45.8 cm³/mol. The Kier molecular flexibility index (Phi) is 5.25. The number of hydrogen-bond acceptors (Lipinski definition) is 2. The molecule has 0 aromatic carbocycles. The zero-order chi connectivity index (χ0) is 8.69. The van der Waals surface area contributed by atoms with Crippen LogP contribution in [0.3, 0.4) is 0 Å². The number of nitrogens with zero attached hydrogens (tertiary/aromatic N) is 2. The summed E-state index contributed by atoms with van der Waals surface area (Å²) in [7, 11) is 1.99. The molecule has 2 heteroatoms. The molecule has 0 saturated heterocycles. The van der Waals surface area contributed by atoms with Crippen molar-refractivity contribution in [3.05, 3.63) is 0 Å². The third-order valence-corrected chi connectivity index (χ3v) is 1.75. The average molecular weight is 150 g/mol. The van der Waals surface area contributed by atoms with E-state index in [0.717, 1.165) is 13.0 Å². The summed E-state index contributed by atoms with van der Waals surface area (Å²) in [5.74, 6) is 2.57. The molecule has 0 fully saturated rings. The number of rotatable bonds is 4. The van der Waals surface area contributed by atoms with Gasteiger partial charge < -0.3 is 4.90 Å². The van der Waals surface area contributed by atoms with Gasteiger partial charge in [0.1, 0.15) is 0 Å². The summed E-state index contributed by atoms with van der Waals surface area (Å²) >= 11 is 0. The van der Waals surface area contributed by atoms with Crippen LogP contribution in [0.15, 0.2) is 0 Å². The van der Waals surface area contributed by atoms with Crippen LogP contribution in [0.4, 0.5) is 0 Å². The highest BCUT2D eigenvalue weighted by Gasteiger charge is 2.06. The first-order chi connectivity index (χ1) is 5.22. The highest BCUT2D eigenvalue weighted by molar-refractivity contribution is 4.86. The molecule has 0 aliphatic heterocycles. The molecule has 2 nitrogen and oxygen atoms in total. The van der Waals surface area contributed by atoms with Crippen molar-refractivity contribution < 1.29 is 0 Å². The lowest BCUT2D eigenvalue weighted by Crippen LogP contribution is -2.29. The fraction of sp³-hybridized carbons (Fsp3) is 0.667. The van der Waals surface area contributed by atoms with E-state index in [1.54, 1.807) is 0 Å².